The minimum atomic E-state index is -3.34. The Hall–Kier alpha value is -4.38. The van der Waals surface area contributed by atoms with Gasteiger partial charge in [-0.1, -0.05) is 12.1 Å². The fraction of sp³-hybridized carbons (Fsp3) is 0.269. The molecule has 1 aliphatic heterocycles. The Labute approximate surface area is 228 Å². The molecule has 1 aromatic carbocycles. The van der Waals surface area contributed by atoms with E-state index in [1.165, 1.54) is 65.8 Å². The fourth-order valence-electron chi connectivity index (χ4n) is 3.85. The molecule has 1 saturated heterocycles. The summed E-state index contributed by atoms with van der Waals surface area (Å²) in [6, 6.07) is 6.76. The lowest BCUT2D eigenvalue weighted by molar-refractivity contribution is 0.585. The molecule has 0 radical (unpaired) electrons. The number of aromatic nitrogens is 7. The summed E-state index contributed by atoms with van der Waals surface area (Å²) in [5, 5.41) is 7.92. The van der Waals surface area contributed by atoms with Gasteiger partial charge in [-0.15, -0.1) is 0 Å². The lowest BCUT2D eigenvalue weighted by Crippen LogP contribution is -2.47. The van der Waals surface area contributed by atoms with Gasteiger partial charge < -0.3 is 15.5 Å². The minimum Gasteiger partial charge on any atom is -0.351 e. The first kappa shape index (κ1) is 13.8. The maximum atomic E-state index is 13.5. The molecule has 11 heteroatoms. The van der Waals surface area contributed by atoms with Crippen molar-refractivity contribution in [2.45, 2.75) is 12.5 Å². The highest BCUT2D eigenvalue weighted by Crippen LogP contribution is 2.29. The van der Waals surface area contributed by atoms with Crippen LogP contribution in [0.15, 0.2) is 67.6 Å². The van der Waals surface area contributed by atoms with Crippen LogP contribution in [0.3, 0.4) is 0 Å². The number of piperazine rings is 1. The Morgan fingerprint density at radius 2 is 1.65 bits per heavy atom. The van der Waals surface area contributed by atoms with Crippen molar-refractivity contribution in [3.05, 3.63) is 84.6 Å². The predicted molar refractivity (Wildman–Crippen MR) is 139 cm³/mol. The Morgan fingerprint density at radius 1 is 0.919 bits per heavy atom. The number of rotatable bonds is 5. The molecule has 1 fully saturated rings. The minimum absolute atomic E-state index is 0.0365. The van der Waals surface area contributed by atoms with Gasteiger partial charge in [-0.25, -0.2) is 23.9 Å². The Balaban J connectivity index is 1.42. The van der Waals surface area contributed by atoms with Gasteiger partial charge in [0, 0.05) is 78.6 Å². The second-order valence-corrected chi connectivity index (χ2v) is 8.41. The van der Waals surface area contributed by atoms with Crippen LogP contribution in [0.1, 0.15) is 33.1 Å². The summed E-state index contributed by atoms with van der Waals surface area (Å²) in [6.07, 6.45) is 7.29. The molecule has 6 rings (SSSR count). The topological polar surface area (TPSA) is 106 Å². The highest BCUT2D eigenvalue weighted by atomic mass is 19.1. The van der Waals surface area contributed by atoms with Crippen LogP contribution in [0.25, 0.3) is 16.6 Å². The highest BCUT2D eigenvalue weighted by molar-refractivity contribution is 5.77. The van der Waals surface area contributed by atoms with Crippen molar-refractivity contribution < 1.29 is 19.5 Å². The SMILES string of the molecule is [2H]C([2H])([2H])n1cc(-c2cc3c(N4C([2H])([2H])C([2H])([2H])N(c5ncc([C@@](C)(N)c6ccc(F)cc6)cn5)C([2H])([2H])C4([2H])[2H])ncnn3c2)cn1. The molecule has 5 aromatic rings. The molecule has 0 saturated carbocycles. The van der Waals surface area contributed by atoms with E-state index >= 15 is 0 Å². The molecule has 1 aliphatic rings. The third-order valence-electron chi connectivity index (χ3n) is 5.94. The summed E-state index contributed by atoms with van der Waals surface area (Å²) in [5.41, 5.74) is 6.63. The van der Waals surface area contributed by atoms with E-state index in [0.717, 1.165) is 11.0 Å². The molecule has 37 heavy (non-hydrogen) atoms. The summed E-state index contributed by atoms with van der Waals surface area (Å²) in [4.78, 5) is 12.7. The van der Waals surface area contributed by atoms with Gasteiger partial charge in [0.2, 0.25) is 5.95 Å². The summed E-state index contributed by atoms with van der Waals surface area (Å²) in [6.45, 7) is -14.3. The van der Waals surface area contributed by atoms with E-state index in [9.17, 15) is 4.39 Å². The first-order valence-electron chi connectivity index (χ1n) is 16.5. The van der Waals surface area contributed by atoms with Crippen LogP contribution in [0.2, 0.25) is 0 Å². The molecular formula is C26H27FN10. The zero-order chi connectivity index (χ0) is 35.2. The van der Waals surface area contributed by atoms with E-state index in [1.807, 2.05) is 0 Å². The molecule has 0 aliphatic carbocycles. The quantitative estimate of drug-likeness (QED) is 0.385. The monoisotopic (exact) mass is 509 g/mol. The molecular weight excluding hydrogens is 471 g/mol. The highest BCUT2D eigenvalue weighted by Gasteiger charge is 2.26. The number of benzene rings is 1. The number of nitrogens with two attached hydrogens (primary N) is 1. The lowest BCUT2D eigenvalue weighted by Gasteiger charge is -2.35. The van der Waals surface area contributed by atoms with Crippen molar-refractivity contribution in [3.63, 3.8) is 0 Å². The number of fused-ring (bicyclic) bond motifs is 1. The average Bonchev–Trinajstić information content (AvgIpc) is 3.65. The van der Waals surface area contributed by atoms with E-state index in [-0.39, 0.29) is 20.9 Å². The second-order valence-electron chi connectivity index (χ2n) is 8.41. The number of anilines is 2. The van der Waals surface area contributed by atoms with Gasteiger partial charge in [0.1, 0.15) is 17.7 Å². The molecule has 2 N–H and O–H groups in total. The van der Waals surface area contributed by atoms with Gasteiger partial charge in [-0.3, -0.25) is 4.68 Å². The number of nitrogens with zero attached hydrogens (tertiary/aromatic N) is 9. The summed E-state index contributed by atoms with van der Waals surface area (Å²) >= 11 is 0. The van der Waals surface area contributed by atoms with Crippen LogP contribution in [0.4, 0.5) is 16.2 Å². The van der Waals surface area contributed by atoms with E-state index in [4.69, 9.17) is 20.8 Å². The second kappa shape index (κ2) is 8.93. The van der Waals surface area contributed by atoms with Crippen LogP contribution < -0.4 is 15.5 Å². The maximum Gasteiger partial charge on any atom is 0.225 e. The van der Waals surface area contributed by atoms with Gasteiger partial charge in [0.05, 0.1) is 22.7 Å². The van der Waals surface area contributed by atoms with Crippen molar-refractivity contribution in [1.82, 2.24) is 34.3 Å². The Bertz CT molecular complexity index is 1960. The third-order valence-corrected chi connectivity index (χ3v) is 5.94. The van der Waals surface area contributed by atoms with Crippen molar-refractivity contribution >= 4 is 17.3 Å². The van der Waals surface area contributed by atoms with Crippen LogP contribution in [-0.2, 0) is 12.5 Å². The molecule has 0 spiro atoms. The van der Waals surface area contributed by atoms with E-state index in [2.05, 4.69) is 25.1 Å². The zero-order valence-electron chi connectivity index (χ0n) is 30.3. The van der Waals surface area contributed by atoms with Crippen LogP contribution in [0, 0.1) is 5.82 Å². The molecule has 1 atom stereocenters. The van der Waals surface area contributed by atoms with Crippen LogP contribution >= 0.6 is 0 Å². The standard InChI is InChI=1S/C26H27FN10/c1-26(28,20-3-5-22(27)6-4-20)21-13-29-25(30-14-21)36-9-7-35(8-10-36)24-23-11-18(16-37(23)33-17-31-24)19-12-32-34(2)15-19/h3-6,11-17H,7-10,28H2,1-2H3/t26-/m0/s1/i2D3,7D2,8D2,9D2,10D2. The normalized spacial score (nSPS) is 26.0. The van der Waals surface area contributed by atoms with Crippen molar-refractivity contribution in [2.75, 3.05) is 35.8 Å². The molecule has 5 heterocycles. The Kier molecular flexibility index (Phi) is 3.33. The third kappa shape index (κ3) is 4.27. The molecule has 10 nitrogen and oxygen atoms in total. The smallest absolute Gasteiger partial charge is 0.225 e. The van der Waals surface area contributed by atoms with Crippen molar-refractivity contribution in [3.8, 4) is 11.1 Å². The fourth-order valence-corrected chi connectivity index (χ4v) is 3.85. The van der Waals surface area contributed by atoms with Gasteiger partial charge >= 0.3 is 0 Å². The number of hydrogen-bond donors (Lipinski definition) is 1. The van der Waals surface area contributed by atoms with Gasteiger partial charge in [0.25, 0.3) is 0 Å². The van der Waals surface area contributed by atoms with E-state index in [1.54, 1.807) is 6.92 Å². The number of aryl methyl sites for hydroxylation is 1. The molecule has 4 aromatic heterocycles. The largest absolute Gasteiger partial charge is 0.351 e. The van der Waals surface area contributed by atoms with Crippen LogP contribution in [-0.4, -0.2) is 60.3 Å². The maximum absolute atomic E-state index is 13.5. The Morgan fingerprint density at radius 3 is 2.35 bits per heavy atom. The number of hydrogen-bond acceptors (Lipinski definition) is 8. The molecule has 0 amide bonds. The van der Waals surface area contributed by atoms with Gasteiger partial charge in [-0.05, 0) is 30.7 Å². The summed E-state index contributed by atoms with van der Waals surface area (Å²) in [7, 11) is 0. The first-order chi connectivity index (χ1) is 22.1. The molecule has 0 bridgehead atoms. The molecule has 188 valence electrons. The van der Waals surface area contributed by atoms with Gasteiger partial charge in [-0.2, -0.15) is 10.2 Å². The van der Waals surface area contributed by atoms with Crippen LogP contribution in [0.5, 0.6) is 0 Å². The van der Waals surface area contributed by atoms with Crippen molar-refractivity contribution in [2.24, 2.45) is 12.7 Å². The zero-order valence-corrected chi connectivity index (χ0v) is 19.3. The van der Waals surface area contributed by atoms with E-state index in [0.29, 0.717) is 16.7 Å². The summed E-state index contributed by atoms with van der Waals surface area (Å²) < 4.78 is 109. The van der Waals surface area contributed by atoms with E-state index < -0.39 is 56.1 Å². The lowest BCUT2D eigenvalue weighted by atomic mass is 9.87. The van der Waals surface area contributed by atoms with Gasteiger partial charge in [0.15, 0.2) is 5.82 Å². The van der Waals surface area contributed by atoms with Crippen molar-refractivity contribution in [1.29, 1.82) is 0 Å². The average molecular weight is 510 g/mol. The molecule has 0 unspecified atom stereocenters. The summed E-state index contributed by atoms with van der Waals surface area (Å²) in [5.74, 6) is -1.63. The first-order valence-corrected chi connectivity index (χ1v) is 11.0. The predicted octanol–water partition coefficient (Wildman–Crippen LogP) is 2.61. The number of halogens is 1.